The molecule has 0 aliphatic rings. The maximum atomic E-state index is 6.02. The molecule has 26 heavy (non-hydrogen) atoms. The molecule has 0 fully saturated rings. The van der Waals surface area contributed by atoms with Gasteiger partial charge < -0.3 is 4.42 Å². The normalized spacial score (nSPS) is 11.0. The van der Waals surface area contributed by atoms with Gasteiger partial charge in [-0.05, 0) is 19.1 Å². The Bertz CT molecular complexity index is 1030. The third-order valence-electron chi connectivity index (χ3n) is 3.78. The summed E-state index contributed by atoms with van der Waals surface area (Å²) in [7, 11) is 0. The molecule has 130 valence electrons. The first-order chi connectivity index (χ1) is 12.7. The molecular weight excluding hydrogens is 368 g/mol. The number of aromatic amines is 1. The Morgan fingerprint density at radius 1 is 1.12 bits per heavy atom. The number of halogens is 1. The Labute approximate surface area is 159 Å². The van der Waals surface area contributed by atoms with E-state index in [1.165, 1.54) is 17.3 Å². The van der Waals surface area contributed by atoms with Gasteiger partial charge in [0, 0.05) is 16.1 Å². The zero-order chi connectivity index (χ0) is 17.9. The van der Waals surface area contributed by atoms with Gasteiger partial charge in [-0.1, -0.05) is 65.3 Å². The lowest BCUT2D eigenvalue weighted by atomic mass is 10.1. The molecule has 2 aromatic heterocycles. The summed E-state index contributed by atoms with van der Waals surface area (Å²) in [6, 6.07) is 15.6. The highest BCUT2D eigenvalue weighted by Gasteiger charge is 2.10. The fourth-order valence-corrected chi connectivity index (χ4v) is 3.27. The summed E-state index contributed by atoms with van der Waals surface area (Å²) in [6.07, 6.45) is 1.71. The second-order valence-corrected chi connectivity index (χ2v) is 7.13. The minimum atomic E-state index is 0.547. The van der Waals surface area contributed by atoms with E-state index in [4.69, 9.17) is 16.0 Å². The van der Waals surface area contributed by atoms with Gasteiger partial charge >= 0.3 is 0 Å². The molecule has 0 spiro atoms. The fraction of sp³-hybridized carbons (Fsp3) is 0.105. The zero-order valence-electron chi connectivity index (χ0n) is 13.9. The van der Waals surface area contributed by atoms with Crippen molar-refractivity contribution < 1.29 is 4.42 Å². The van der Waals surface area contributed by atoms with Crippen LogP contribution in [0.25, 0.3) is 22.7 Å². The van der Waals surface area contributed by atoms with E-state index >= 15 is 0 Å². The Morgan fingerprint density at radius 2 is 1.96 bits per heavy atom. The molecular formula is C19H15ClN4OS. The number of rotatable bonds is 5. The van der Waals surface area contributed by atoms with Gasteiger partial charge in [-0.2, -0.15) is 0 Å². The van der Waals surface area contributed by atoms with Crippen molar-refractivity contribution in [2.24, 2.45) is 0 Å². The van der Waals surface area contributed by atoms with Crippen molar-refractivity contribution in [2.75, 3.05) is 0 Å². The van der Waals surface area contributed by atoms with Crippen molar-refractivity contribution in [1.82, 2.24) is 20.2 Å². The number of benzene rings is 2. The Morgan fingerprint density at radius 3 is 2.77 bits per heavy atom. The smallest absolute Gasteiger partial charge is 0.209 e. The predicted octanol–water partition coefficient (Wildman–Crippen LogP) is 5.38. The quantitative estimate of drug-likeness (QED) is 0.469. The molecule has 0 unspecified atom stereocenters. The summed E-state index contributed by atoms with van der Waals surface area (Å²) >= 11 is 7.49. The van der Waals surface area contributed by atoms with Crippen LogP contribution in [0.4, 0.5) is 0 Å². The van der Waals surface area contributed by atoms with Gasteiger partial charge in [-0.15, -0.1) is 5.10 Å². The van der Waals surface area contributed by atoms with E-state index in [2.05, 4.69) is 39.2 Å². The van der Waals surface area contributed by atoms with Crippen LogP contribution in [0.2, 0.25) is 5.02 Å². The van der Waals surface area contributed by atoms with Crippen molar-refractivity contribution in [3.63, 3.8) is 0 Å². The van der Waals surface area contributed by atoms with Crippen LogP contribution in [-0.4, -0.2) is 20.2 Å². The van der Waals surface area contributed by atoms with Crippen LogP contribution in [0.1, 0.15) is 11.5 Å². The van der Waals surface area contributed by atoms with Gasteiger partial charge in [0.2, 0.25) is 11.0 Å². The third kappa shape index (κ3) is 3.81. The number of H-pyrrole nitrogens is 1. The molecule has 0 radical (unpaired) electrons. The minimum absolute atomic E-state index is 0.547. The second-order valence-electron chi connectivity index (χ2n) is 5.75. The Hall–Kier alpha value is -2.57. The summed E-state index contributed by atoms with van der Waals surface area (Å²) in [6.45, 7) is 2.06. The van der Waals surface area contributed by atoms with Crippen molar-refractivity contribution in [3.05, 3.63) is 71.2 Å². The van der Waals surface area contributed by atoms with Crippen LogP contribution in [0.15, 0.2) is 64.3 Å². The van der Waals surface area contributed by atoms with E-state index in [0.29, 0.717) is 27.6 Å². The number of aryl methyl sites for hydroxylation is 1. The highest BCUT2D eigenvalue weighted by atomic mass is 35.5. The van der Waals surface area contributed by atoms with Crippen LogP contribution < -0.4 is 0 Å². The number of aromatic nitrogens is 4. The number of nitrogens with zero attached hydrogens (tertiary/aromatic N) is 3. The number of hydrogen-bond acceptors (Lipinski definition) is 5. The predicted molar refractivity (Wildman–Crippen MR) is 103 cm³/mol. The summed E-state index contributed by atoms with van der Waals surface area (Å²) in [5.74, 6) is 2.61. The van der Waals surface area contributed by atoms with Crippen molar-refractivity contribution in [1.29, 1.82) is 0 Å². The van der Waals surface area contributed by atoms with Gasteiger partial charge in [0.1, 0.15) is 0 Å². The molecule has 2 heterocycles. The maximum absolute atomic E-state index is 6.02. The van der Waals surface area contributed by atoms with Crippen LogP contribution >= 0.6 is 23.4 Å². The first kappa shape index (κ1) is 16.9. The van der Waals surface area contributed by atoms with Crippen LogP contribution in [0.5, 0.6) is 0 Å². The van der Waals surface area contributed by atoms with Crippen LogP contribution in [0.3, 0.4) is 0 Å². The number of hydrogen-bond donors (Lipinski definition) is 1. The average molecular weight is 383 g/mol. The molecule has 7 heteroatoms. The SMILES string of the molecule is Cc1ccc(-c2nc(SCc3ncc(-c4cccc(Cl)c4)o3)n[nH]2)cc1. The first-order valence-corrected chi connectivity index (χ1v) is 9.36. The molecule has 0 amide bonds. The minimum Gasteiger partial charge on any atom is -0.440 e. The topological polar surface area (TPSA) is 67.6 Å². The standard InChI is InChI=1S/C19H15ClN4OS/c1-12-5-7-13(8-6-12)18-22-19(24-23-18)26-11-17-21-10-16(25-17)14-3-2-4-15(20)9-14/h2-10H,11H2,1H3,(H,22,23,24). The molecule has 0 saturated carbocycles. The van der Waals surface area contributed by atoms with E-state index in [-0.39, 0.29) is 0 Å². The van der Waals surface area contributed by atoms with Crippen molar-refractivity contribution >= 4 is 23.4 Å². The van der Waals surface area contributed by atoms with Gasteiger partial charge in [0.15, 0.2) is 11.6 Å². The average Bonchev–Trinajstić information content (AvgIpc) is 3.30. The molecule has 0 atom stereocenters. The highest BCUT2D eigenvalue weighted by Crippen LogP contribution is 2.26. The van der Waals surface area contributed by atoms with Crippen molar-refractivity contribution in [3.8, 4) is 22.7 Å². The molecule has 0 bridgehead atoms. The van der Waals surface area contributed by atoms with Crippen LogP contribution in [0, 0.1) is 6.92 Å². The fourth-order valence-electron chi connectivity index (χ4n) is 2.43. The monoisotopic (exact) mass is 382 g/mol. The summed E-state index contributed by atoms with van der Waals surface area (Å²) in [4.78, 5) is 8.83. The lowest BCUT2D eigenvalue weighted by Gasteiger charge is -1.97. The second kappa shape index (κ2) is 7.35. The largest absolute Gasteiger partial charge is 0.440 e. The molecule has 5 nitrogen and oxygen atoms in total. The van der Waals surface area contributed by atoms with E-state index in [1.807, 2.05) is 36.4 Å². The Kier molecular flexibility index (Phi) is 4.77. The maximum Gasteiger partial charge on any atom is 0.209 e. The van der Waals surface area contributed by atoms with E-state index in [1.54, 1.807) is 6.20 Å². The molecule has 1 N–H and O–H groups in total. The van der Waals surface area contributed by atoms with Crippen molar-refractivity contribution in [2.45, 2.75) is 17.8 Å². The van der Waals surface area contributed by atoms with Crippen LogP contribution in [-0.2, 0) is 5.75 Å². The number of thioether (sulfide) groups is 1. The molecule has 0 saturated heterocycles. The summed E-state index contributed by atoms with van der Waals surface area (Å²) in [5, 5.41) is 8.54. The van der Waals surface area contributed by atoms with Gasteiger partial charge in [-0.25, -0.2) is 9.97 Å². The molecule has 0 aliphatic heterocycles. The summed E-state index contributed by atoms with van der Waals surface area (Å²) < 4.78 is 5.79. The first-order valence-electron chi connectivity index (χ1n) is 8.00. The van der Waals surface area contributed by atoms with E-state index in [0.717, 1.165) is 17.0 Å². The Balaban J connectivity index is 1.43. The lowest BCUT2D eigenvalue weighted by Crippen LogP contribution is -1.82. The molecule has 0 aliphatic carbocycles. The highest BCUT2D eigenvalue weighted by molar-refractivity contribution is 7.98. The van der Waals surface area contributed by atoms with Gasteiger partial charge in [0.25, 0.3) is 0 Å². The molecule has 2 aromatic carbocycles. The number of oxazole rings is 1. The summed E-state index contributed by atoms with van der Waals surface area (Å²) in [5.41, 5.74) is 3.12. The zero-order valence-corrected chi connectivity index (χ0v) is 15.5. The van der Waals surface area contributed by atoms with E-state index in [9.17, 15) is 0 Å². The lowest BCUT2D eigenvalue weighted by molar-refractivity contribution is 0.530. The van der Waals surface area contributed by atoms with Gasteiger partial charge in [0.05, 0.1) is 11.9 Å². The van der Waals surface area contributed by atoms with E-state index < -0.39 is 0 Å². The van der Waals surface area contributed by atoms with Gasteiger partial charge in [-0.3, -0.25) is 5.10 Å². The third-order valence-corrected chi connectivity index (χ3v) is 4.84. The number of nitrogens with one attached hydrogen (secondary N) is 1. The molecule has 4 rings (SSSR count). The molecule has 4 aromatic rings.